The summed E-state index contributed by atoms with van der Waals surface area (Å²) in [5.74, 6) is 1.63. The summed E-state index contributed by atoms with van der Waals surface area (Å²) >= 11 is 11.4. The summed E-state index contributed by atoms with van der Waals surface area (Å²) in [6, 6.07) is 7.86. The number of hydrogen-bond acceptors (Lipinski definition) is 4. The van der Waals surface area contributed by atoms with Crippen LogP contribution in [-0.2, 0) is 19.3 Å². The van der Waals surface area contributed by atoms with Crippen LogP contribution in [0.3, 0.4) is 0 Å². The minimum absolute atomic E-state index is 0.592. The van der Waals surface area contributed by atoms with Gasteiger partial charge in [-0.1, -0.05) is 41.6 Å². The SMILES string of the molecule is Cc1nn(Cc2nnc(SCc3ccccc3Cl)n2C)c(C)c1Br. The third-order valence-corrected chi connectivity index (χ3v) is 6.41. The summed E-state index contributed by atoms with van der Waals surface area (Å²) in [7, 11) is 1.98. The molecular weight excluding hydrogens is 410 g/mol. The fourth-order valence-electron chi connectivity index (χ4n) is 2.33. The Labute approximate surface area is 158 Å². The predicted molar refractivity (Wildman–Crippen MR) is 101 cm³/mol. The van der Waals surface area contributed by atoms with Gasteiger partial charge in [-0.2, -0.15) is 5.10 Å². The van der Waals surface area contributed by atoms with Crippen LogP contribution in [0.1, 0.15) is 22.8 Å². The van der Waals surface area contributed by atoms with Gasteiger partial charge in [-0.3, -0.25) is 4.68 Å². The molecule has 1 aromatic carbocycles. The third-order valence-electron chi connectivity index (χ3n) is 3.82. The van der Waals surface area contributed by atoms with E-state index in [1.165, 1.54) is 0 Å². The van der Waals surface area contributed by atoms with Crippen molar-refractivity contribution in [3.63, 3.8) is 0 Å². The van der Waals surface area contributed by atoms with E-state index < -0.39 is 0 Å². The smallest absolute Gasteiger partial charge is 0.191 e. The van der Waals surface area contributed by atoms with E-state index in [9.17, 15) is 0 Å². The van der Waals surface area contributed by atoms with Crippen LogP contribution >= 0.6 is 39.3 Å². The Kier molecular flexibility index (Phi) is 5.32. The van der Waals surface area contributed by atoms with Gasteiger partial charge in [0.15, 0.2) is 11.0 Å². The van der Waals surface area contributed by atoms with Crippen molar-refractivity contribution in [2.75, 3.05) is 0 Å². The summed E-state index contributed by atoms with van der Waals surface area (Å²) in [5, 5.41) is 14.8. The lowest BCUT2D eigenvalue weighted by atomic mass is 10.2. The molecule has 0 radical (unpaired) electrons. The normalized spacial score (nSPS) is 11.2. The van der Waals surface area contributed by atoms with E-state index in [1.807, 2.05) is 54.4 Å². The maximum Gasteiger partial charge on any atom is 0.191 e. The number of nitrogens with zero attached hydrogens (tertiary/aromatic N) is 5. The third kappa shape index (κ3) is 3.53. The highest BCUT2D eigenvalue weighted by Gasteiger charge is 2.14. The highest BCUT2D eigenvalue weighted by atomic mass is 79.9. The lowest BCUT2D eigenvalue weighted by molar-refractivity contribution is 0.602. The number of aryl methyl sites for hydroxylation is 1. The first-order chi connectivity index (χ1) is 11.5. The molecule has 2 aromatic heterocycles. The number of aromatic nitrogens is 5. The van der Waals surface area contributed by atoms with Gasteiger partial charge in [0.1, 0.15) is 6.54 Å². The lowest BCUT2D eigenvalue weighted by Gasteiger charge is -2.06. The average molecular weight is 427 g/mol. The number of hydrogen-bond donors (Lipinski definition) is 0. The van der Waals surface area contributed by atoms with Gasteiger partial charge < -0.3 is 4.57 Å². The summed E-state index contributed by atoms with van der Waals surface area (Å²) in [6.45, 7) is 4.61. The predicted octanol–water partition coefficient (Wildman–Crippen LogP) is 4.38. The van der Waals surface area contributed by atoms with Crippen molar-refractivity contribution in [2.45, 2.75) is 31.3 Å². The molecule has 8 heteroatoms. The second-order valence-corrected chi connectivity index (χ2v) is 7.62. The van der Waals surface area contributed by atoms with E-state index in [1.54, 1.807) is 11.8 Å². The molecule has 3 aromatic rings. The van der Waals surface area contributed by atoms with Crippen LogP contribution in [0.2, 0.25) is 5.02 Å². The van der Waals surface area contributed by atoms with Gasteiger partial charge >= 0.3 is 0 Å². The van der Waals surface area contributed by atoms with E-state index in [-0.39, 0.29) is 0 Å². The van der Waals surface area contributed by atoms with Crippen LogP contribution in [0.25, 0.3) is 0 Å². The number of rotatable bonds is 5. The molecule has 0 amide bonds. The number of halogens is 2. The van der Waals surface area contributed by atoms with Gasteiger partial charge in [0.05, 0.1) is 15.9 Å². The summed E-state index contributed by atoms with van der Waals surface area (Å²) < 4.78 is 4.98. The maximum atomic E-state index is 6.21. The van der Waals surface area contributed by atoms with E-state index in [4.69, 9.17) is 11.6 Å². The first-order valence-corrected chi connectivity index (χ1v) is 9.57. The van der Waals surface area contributed by atoms with Crippen LogP contribution in [0.4, 0.5) is 0 Å². The highest BCUT2D eigenvalue weighted by Crippen LogP contribution is 2.26. The molecule has 2 heterocycles. The van der Waals surface area contributed by atoms with Crippen molar-refractivity contribution in [3.8, 4) is 0 Å². The Morgan fingerprint density at radius 2 is 1.96 bits per heavy atom. The first-order valence-electron chi connectivity index (χ1n) is 7.41. The molecule has 0 unspecified atom stereocenters. The Hall–Kier alpha value is -1.31. The fraction of sp³-hybridized carbons (Fsp3) is 0.312. The molecule has 0 atom stereocenters. The minimum Gasteiger partial charge on any atom is -0.308 e. The zero-order chi connectivity index (χ0) is 17.3. The largest absolute Gasteiger partial charge is 0.308 e. The molecule has 24 heavy (non-hydrogen) atoms. The summed E-state index contributed by atoms with van der Waals surface area (Å²) in [6.07, 6.45) is 0. The van der Waals surface area contributed by atoms with Crippen LogP contribution in [-0.4, -0.2) is 24.5 Å². The molecule has 0 fully saturated rings. The van der Waals surface area contributed by atoms with Crippen molar-refractivity contribution >= 4 is 39.3 Å². The molecular formula is C16H17BrClN5S. The minimum atomic E-state index is 0.592. The van der Waals surface area contributed by atoms with Gasteiger partial charge in [-0.25, -0.2) is 0 Å². The topological polar surface area (TPSA) is 48.5 Å². The molecule has 0 aliphatic rings. The molecule has 5 nitrogen and oxygen atoms in total. The molecule has 0 bridgehead atoms. The zero-order valence-electron chi connectivity index (χ0n) is 13.6. The standard InChI is InChI=1S/C16H17BrClN5S/c1-10-15(17)11(2)23(21-10)8-14-19-20-16(22(14)3)24-9-12-6-4-5-7-13(12)18/h4-7H,8-9H2,1-3H3. The molecule has 0 N–H and O–H groups in total. The second-order valence-electron chi connectivity index (χ2n) is 5.48. The molecule has 3 rings (SSSR count). The van der Waals surface area contributed by atoms with E-state index in [0.717, 1.165) is 43.2 Å². The van der Waals surface area contributed by atoms with Crippen molar-refractivity contribution in [2.24, 2.45) is 7.05 Å². The van der Waals surface area contributed by atoms with Gasteiger partial charge in [0.25, 0.3) is 0 Å². The zero-order valence-corrected chi connectivity index (χ0v) is 16.8. The Morgan fingerprint density at radius 3 is 2.62 bits per heavy atom. The van der Waals surface area contributed by atoms with Crippen molar-refractivity contribution < 1.29 is 0 Å². The van der Waals surface area contributed by atoms with Gasteiger partial charge in [-0.05, 0) is 41.4 Å². The molecule has 0 aliphatic carbocycles. The average Bonchev–Trinajstić information content (AvgIpc) is 3.03. The van der Waals surface area contributed by atoms with E-state index in [2.05, 4.69) is 31.2 Å². The van der Waals surface area contributed by atoms with Crippen LogP contribution in [0.15, 0.2) is 33.9 Å². The van der Waals surface area contributed by atoms with Crippen LogP contribution in [0, 0.1) is 13.8 Å². The fourth-order valence-corrected chi connectivity index (χ4v) is 3.83. The number of thioether (sulfide) groups is 1. The summed E-state index contributed by atoms with van der Waals surface area (Å²) in [5.41, 5.74) is 3.15. The summed E-state index contributed by atoms with van der Waals surface area (Å²) in [4.78, 5) is 0. The molecule has 126 valence electrons. The van der Waals surface area contributed by atoms with Crippen molar-refractivity contribution in [1.29, 1.82) is 0 Å². The quantitative estimate of drug-likeness (QED) is 0.568. The highest BCUT2D eigenvalue weighted by molar-refractivity contribution is 9.10. The molecule has 0 spiro atoms. The second kappa shape index (κ2) is 7.29. The van der Waals surface area contributed by atoms with Crippen molar-refractivity contribution in [1.82, 2.24) is 24.5 Å². The molecule has 0 saturated heterocycles. The van der Waals surface area contributed by atoms with E-state index >= 15 is 0 Å². The lowest BCUT2D eigenvalue weighted by Crippen LogP contribution is -2.09. The Bertz CT molecular complexity index is 873. The monoisotopic (exact) mass is 425 g/mol. The Balaban J connectivity index is 1.74. The number of benzene rings is 1. The van der Waals surface area contributed by atoms with Gasteiger partial charge in [0, 0.05) is 17.8 Å². The van der Waals surface area contributed by atoms with Crippen LogP contribution < -0.4 is 0 Å². The van der Waals surface area contributed by atoms with Gasteiger partial charge in [0.2, 0.25) is 0 Å². The van der Waals surface area contributed by atoms with Crippen molar-refractivity contribution in [3.05, 3.63) is 56.5 Å². The Morgan fingerprint density at radius 1 is 1.21 bits per heavy atom. The van der Waals surface area contributed by atoms with Crippen LogP contribution in [0.5, 0.6) is 0 Å². The first kappa shape index (κ1) is 17.5. The maximum absolute atomic E-state index is 6.21. The van der Waals surface area contributed by atoms with E-state index in [0.29, 0.717) is 6.54 Å². The van der Waals surface area contributed by atoms with Gasteiger partial charge in [-0.15, -0.1) is 10.2 Å². The molecule has 0 saturated carbocycles. The molecule has 0 aliphatic heterocycles.